The number of aromatic nitrogens is 2. The van der Waals surface area contributed by atoms with Crippen LogP contribution in [0.4, 0.5) is 26.0 Å². The first kappa shape index (κ1) is 28.9. The number of nitrogens with zero attached hydrogens (tertiary/aromatic N) is 3. The number of amides is 1. The van der Waals surface area contributed by atoms with Crippen LogP contribution in [0, 0.1) is 11.6 Å². The number of hydrogen-bond donors (Lipinski definition) is 3. The molecule has 6 rings (SSSR count). The molecule has 1 amide bonds. The normalized spacial score (nSPS) is 16.4. The molecule has 0 atom stereocenters. The number of H-pyrrole nitrogens is 1. The van der Waals surface area contributed by atoms with Crippen molar-refractivity contribution in [2.45, 2.75) is 25.3 Å². The molecule has 2 aliphatic heterocycles. The van der Waals surface area contributed by atoms with Crippen LogP contribution in [0.25, 0.3) is 10.9 Å². The van der Waals surface area contributed by atoms with Gasteiger partial charge in [-0.25, -0.2) is 8.78 Å². The highest BCUT2D eigenvalue weighted by atomic mass is 19.1. The van der Waals surface area contributed by atoms with E-state index in [0.717, 1.165) is 62.0 Å². The van der Waals surface area contributed by atoms with Crippen LogP contribution in [0.1, 0.15) is 28.8 Å². The number of nitrogens with one attached hydrogen (secondary N) is 3. The number of carbonyl (C=O) groups is 1. The van der Waals surface area contributed by atoms with Crippen molar-refractivity contribution in [2.75, 3.05) is 68.6 Å². The summed E-state index contributed by atoms with van der Waals surface area (Å²) in [5, 5.41) is 14.6. The maximum absolute atomic E-state index is 13.7. The average molecular weight is 591 g/mol. The van der Waals surface area contributed by atoms with Crippen LogP contribution < -0.4 is 20.3 Å². The number of likely N-dealkylation sites (N-methyl/N-ethyl adjacent to an activating group) is 1. The van der Waals surface area contributed by atoms with Crippen molar-refractivity contribution in [3.05, 3.63) is 77.4 Å². The van der Waals surface area contributed by atoms with Gasteiger partial charge in [0.2, 0.25) is 0 Å². The molecule has 0 aliphatic carbocycles. The van der Waals surface area contributed by atoms with Gasteiger partial charge in [-0.05, 0) is 74.0 Å². The van der Waals surface area contributed by atoms with E-state index in [1.54, 1.807) is 12.1 Å². The topological polar surface area (TPSA) is 94.8 Å². The van der Waals surface area contributed by atoms with Crippen molar-refractivity contribution in [2.24, 2.45) is 0 Å². The number of benzene rings is 3. The lowest BCUT2D eigenvalue weighted by Crippen LogP contribution is -2.44. The maximum atomic E-state index is 13.7. The molecule has 0 spiro atoms. The fourth-order valence-electron chi connectivity index (χ4n) is 5.57. The van der Waals surface area contributed by atoms with Crippen molar-refractivity contribution in [3.8, 4) is 5.75 Å². The van der Waals surface area contributed by atoms with Gasteiger partial charge in [-0.2, -0.15) is 5.10 Å². The molecule has 0 saturated carbocycles. The molecule has 3 aromatic carbocycles. The number of piperazine rings is 1. The zero-order chi connectivity index (χ0) is 29.8. The zero-order valence-corrected chi connectivity index (χ0v) is 24.2. The van der Waals surface area contributed by atoms with Crippen LogP contribution in [0.15, 0.2) is 54.6 Å². The van der Waals surface area contributed by atoms with E-state index in [0.29, 0.717) is 47.7 Å². The molecule has 3 heterocycles. The molecular weight excluding hydrogens is 554 g/mol. The largest absolute Gasteiger partial charge is 0.493 e. The Morgan fingerprint density at radius 1 is 1.02 bits per heavy atom. The van der Waals surface area contributed by atoms with Crippen molar-refractivity contribution in [1.82, 2.24) is 15.1 Å². The van der Waals surface area contributed by atoms with E-state index >= 15 is 0 Å². The Morgan fingerprint density at radius 3 is 2.56 bits per heavy atom. The number of rotatable bonds is 9. The molecule has 3 N–H and O–H groups in total. The third-order valence-corrected chi connectivity index (χ3v) is 8.05. The predicted octanol–water partition coefficient (Wildman–Crippen LogP) is 5.06. The Bertz CT molecular complexity index is 1560. The summed E-state index contributed by atoms with van der Waals surface area (Å²) in [5.74, 6) is -0.560. The van der Waals surface area contributed by atoms with E-state index in [-0.39, 0.29) is 18.6 Å². The summed E-state index contributed by atoms with van der Waals surface area (Å²) in [7, 11) is 2.13. The van der Waals surface area contributed by atoms with Gasteiger partial charge in [-0.3, -0.25) is 9.89 Å². The fourth-order valence-corrected chi connectivity index (χ4v) is 5.57. The van der Waals surface area contributed by atoms with Gasteiger partial charge in [0.1, 0.15) is 17.4 Å². The van der Waals surface area contributed by atoms with E-state index in [1.807, 2.05) is 18.2 Å². The number of ether oxygens (including phenoxy) is 2. The molecule has 0 radical (unpaired) electrons. The molecule has 11 heteroatoms. The van der Waals surface area contributed by atoms with E-state index < -0.39 is 11.6 Å². The lowest BCUT2D eigenvalue weighted by atomic mass is 10.1. The lowest BCUT2D eigenvalue weighted by molar-refractivity contribution is 0.0904. The summed E-state index contributed by atoms with van der Waals surface area (Å²) in [6.07, 6.45) is 2.09. The molecule has 2 fully saturated rings. The second kappa shape index (κ2) is 13.0. The van der Waals surface area contributed by atoms with Gasteiger partial charge in [0.05, 0.1) is 17.7 Å². The maximum Gasteiger partial charge on any atom is 0.258 e. The highest BCUT2D eigenvalue weighted by Crippen LogP contribution is 2.30. The van der Waals surface area contributed by atoms with Gasteiger partial charge in [0, 0.05) is 74.7 Å². The first-order chi connectivity index (χ1) is 20.9. The quantitative estimate of drug-likeness (QED) is 0.251. The summed E-state index contributed by atoms with van der Waals surface area (Å²) < 4.78 is 38.4. The van der Waals surface area contributed by atoms with Crippen LogP contribution >= 0.6 is 0 Å². The third kappa shape index (κ3) is 7.06. The minimum Gasteiger partial charge on any atom is -0.493 e. The molecular formula is C32H36F2N6O3. The Morgan fingerprint density at radius 2 is 1.79 bits per heavy atom. The minimum absolute atomic E-state index is 0.220. The molecule has 226 valence electrons. The van der Waals surface area contributed by atoms with Gasteiger partial charge >= 0.3 is 0 Å². The third-order valence-electron chi connectivity index (χ3n) is 8.05. The van der Waals surface area contributed by atoms with Gasteiger partial charge in [-0.15, -0.1) is 0 Å². The Kier molecular flexibility index (Phi) is 8.71. The predicted molar refractivity (Wildman–Crippen MR) is 163 cm³/mol. The van der Waals surface area contributed by atoms with Crippen LogP contribution in [0.2, 0.25) is 0 Å². The highest BCUT2D eigenvalue weighted by molar-refractivity contribution is 6.11. The first-order valence-electron chi connectivity index (χ1n) is 14.7. The molecule has 1 aromatic heterocycles. The van der Waals surface area contributed by atoms with Crippen LogP contribution in [0.5, 0.6) is 5.75 Å². The monoisotopic (exact) mass is 590 g/mol. The van der Waals surface area contributed by atoms with E-state index in [2.05, 4.69) is 43.7 Å². The Balaban J connectivity index is 1.18. The molecule has 2 aliphatic rings. The van der Waals surface area contributed by atoms with E-state index in [1.165, 1.54) is 12.1 Å². The minimum atomic E-state index is -0.615. The molecule has 0 unspecified atom stereocenters. The number of anilines is 3. The van der Waals surface area contributed by atoms with Gasteiger partial charge < -0.3 is 29.9 Å². The number of aromatic amines is 1. The van der Waals surface area contributed by atoms with E-state index in [9.17, 15) is 13.6 Å². The second-order valence-corrected chi connectivity index (χ2v) is 11.2. The smallest absolute Gasteiger partial charge is 0.258 e. The average Bonchev–Trinajstić information content (AvgIpc) is 3.39. The SMILES string of the molecule is CN1CCN(c2ccc(C(=O)Nc3n[nH]c4ccc(OCCc5cc(F)cc(F)c5)cc34)c(NC3CCOCC3)c2)CC1. The van der Waals surface area contributed by atoms with Crippen molar-refractivity contribution in [3.63, 3.8) is 0 Å². The molecule has 43 heavy (non-hydrogen) atoms. The highest BCUT2D eigenvalue weighted by Gasteiger charge is 2.22. The summed E-state index contributed by atoms with van der Waals surface area (Å²) in [6.45, 7) is 5.47. The number of carbonyl (C=O) groups excluding carboxylic acids is 1. The van der Waals surface area contributed by atoms with Crippen molar-refractivity contribution in [1.29, 1.82) is 0 Å². The first-order valence-corrected chi connectivity index (χ1v) is 14.7. The number of halogens is 2. The molecule has 2 saturated heterocycles. The molecule has 9 nitrogen and oxygen atoms in total. The zero-order valence-electron chi connectivity index (χ0n) is 24.2. The van der Waals surface area contributed by atoms with Gasteiger partial charge in [0.15, 0.2) is 5.82 Å². The molecule has 0 bridgehead atoms. The summed E-state index contributed by atoms with van der Waals surface area (Å²) >= 11 is 0. The Hall–Kier alpha value is -4.22. The summed E-state index contributed by atoms with van der Waals surface area (Å²) in [6, 6.07) is 15.0. The van der Waals surface area contributed by atoms with Crippen molar-refractivity contribution >= 4 is 34.0 Å². The Labute approximate surface area is 249 Å². The van der Waals surface area contributed by atoms with Crippen LogP contribution in [-0.4, -0.2) is 80.1 Å². The van der Waals surface area contributed by atoms with Crippen molar-refractivity contribution < 1.29 is 23.0 Å². The number of fused-ring (bicyclic) bond motifs is 1. The molecule has 4 aromatic rings. The summed E-state index contributed by atoms with van der Waals surface area (Å²) in [4.78, 5) is 18.3. The van der Waals surface area contributed by atoms with Crippen LogP contribution in [0.3, 0.4) is 0 Å². The number of hydrogen-bond acceptors (Lipinski definition) is 7. The second-order valence-electron chi connectivity index (χ2n) is 11.2. The lowest BCUT2D eigenvalue weighted by Gasteiger charge is -2.34. The van der Waals surface area contributed by atoms with Crippen LogP contribution in [-0.2, 0) is 11.2 Å². The van der Waals surface area contributed by atoms with E-state index in [4.69, 9.17) is 9.47 Å². The van der Waals surface area contributed by atoms with Gasteiger partial charge in [0.25, 0.3) is 5.91 Å². The van der Waals surface area contributed by atoms with Gasteiger partial charge in [-0.1, -0.05) is 0 Å². The summed E-state index contributed by atoms with van der Waals surface area (Å²) in [5.41, 5.74) is 3.67. The standard InChI is InChI=1S/C32H36F2N6O3/c1-39-9-11-40(12-10-39)25-2-4-27(30(19-25)35-24-7-13-42-14-8-24)32(41)36-31-28-20-26(3-5-29(28)37-38-31)43-15-6-21-16-22(33)18-23(34)17-21/h2-5,16-20,24,35H,6-15H2,1H3,(H2,36,37,38,41). The fraction of sp³-hybridized carbons (Fsp3) is 0.375.